The Balaban J connectivity index is 0.00000156. The van der Waals surface area contributed by atoms with Crippen LogP contribution >= 0.6 is 0 Å². The maximum Gasteiger partial charge on any atom is 0.219 e. The molecule has 0 aliphatic carbocycles. The van der Waals surface area contributed by atoms with Crippen LogP contribution in [0.15, 0.2) is 36.8 Å². The summed E-state index contributed by atoms with van der Waals surface area (Å²) in [6.07, 6.45) is 5.66. The maximum atomic E-state index is 13.2. The molecular weight excluding hydrogens is 295 g/mol. The summed E-state index contributed by atoms with van der Waals surface area (Å²) in [4.78, 5) is 16.1. The normalized spacial score (nSPS) is 14.6. The monoisotopic (exact) mass is 314 g/mol. The van der Waals surface area contributed by atoms with Gasteiger partial charge in [-0.1, -0.05) is 7.43 Å². The molecule has 1 N–H and O–H groups in total. The first-order valence-electron chi connectivity index (χ1n) is 7.18. The van der Waals surface area contributed by atoms with Gasteiger partial charge in [0.2, 0.25) is 5.91 Å². The summed E-state index contributed by atoms with van der Waals surface area (Å²) in [7, 11) is 0. The van der Waals surface area contributed by atoms with Crippen LogP contribution in [0.25, 0.3) is 22.0 Å². The minimum Gasteiger partial charge on any atom is -0.360 e. The summed E-state index contributed by atoms with van der Waals surface area (Å²) in [6, 6.07) is 4.95. The lowest BCUT2D eigenvalue weighted by molar-refractivity contribution is -0.134. The van der Waals surface area contributed by atoms with E-state index in [1.165, 1.54) is 12.1 Å². The Labute approximate surface area is 133 Å². The van der Waals surface area contributed by atoms with Gasteiger partial charge in [-0.15, -0.1) is 0 Å². The molecule has 1 fully saturated rings. The molecular formula is C17H19FN4O. The molecule has 120 valence electrons. The number of likely N-dealkylation sites (tertiary alicyclic amines) is 1. The molecule has 0 radical (unpaired) electrons. The zero-order valence-corrected chi connectivity index (χ0v) is 12.1. The molecule has 1 aliphatic heterocycles. The van der Waals surface area contributed by atoms with Crippen molar-refractivity contribution in [2.24, 2.45) is 0 Å². The molecule has 5 nitrogen and oxygen atoms in total. The summed E-state index contributed by atoms with van der Waals surface area (Å²) in [6.45, 7) is 2.99. The van der Waals surface area contributed by atoms with Gasteiger partial charge in [0.25, 0.3) is 0 Å². The van der Waals surface area contributed by atoms with Crippen LogP contribution in [0.2, 0.25) is 0 Å². The van der Waals surface area contributed by atoms with E-state index in [9.17, 15) is 9.18 Å². The number of nitrogens with one attached hydrogen (secondary N) is 1. The number of aromatic nitrogens is 3. The van der Waals surface area contributed by atoms with Gasteiger partial charge in [-0.2, -0.15) is 5.10 Å². The van der Waals surface area contributed by atoms with Gasteiger partial charge in [0.1, 0.15) is 5.82 Å². The van der Waals surface area contributed by atoms with Gasteiger partial charge in [-0.25, -0.2) is 4.39 Å². The first-order valence-corrected chi connectivity index (χ1v) is 7.18. The van der Waals surface area contributed by atoms with E-state index < -0.39 is 0 Å². The predicted octanol–water partition coefficient (Wildman–Crippen LogP) is 3.21. The molecule has 0 unspecified atom stereocenters. The predicted molar refractivity (Wildman–Crippen MR) is 87.5 cm³/mol. The fourth-order valence-electron chi connectivity index (χ4n) is 2.89. The van der Waals surface area contributed by atoms with Crippen LogP contribution in [0, 0.1) is 5.82 Å². The summed E-state index contributed by atoms with van der Waals surface area (Å²) in [5.74, 6) is -0.155. The van der Waals surface area contributed by atoms with E-state index in [-0.39, 0.29) is 25.2 Å². The number of hydrogen-bond donors (Lipinski definition) is 1. The number of halogens is 1. The highest BCUT2D eigenvalue weighted by molar-refractivity contribution is 5.95. The average molecular weight is 314 g/mol. The van der Waals surface area contributed by atoms with Gasteiger partial charge < -0.3 is 9.88 Å². The molecule has 0 bridgehead atoms. The molecule has 1 saturated heterocycles. The number of carbonyl (C=O) groups is 1. The molecule has 1 aromatic carbocycles. The largest absolute Gasteiger partial charge is 0.360 e. The van der Waals surface area contributed by atoms with Crippen molar-refractivity contribution in [1.29, 1.82) is 0 Å². The minimum atomic E-state index is -0.254. The Bertz CT molecular complexity index is 860. The van der Waals surface area contributed by atoms with E-state index in [4.69, 9.17) is 0 Å². The van der Waals surface area contributed by atoms with Crippen LogP contribution in [0.3, 0.4) is 0 Å². The Morgan fingerprint density at radius 3 is 2.91 bits per heavy atom. The van der Waals surface area contributed by atoms with E-state index in [1.807, 2.05) is 23.3 Å². The highest BCUT2D eigenvalue weighted by Gasteiger charge is 2.30. The highest BCUT2D eigenvalue weighted by atomic mass is 19.1. The summed E-state index contributed by atoms with van der Waals surface area (Å²) in [5.41, 5.74) is 2.76. The maximum absolute atomic E-state index is 13.2. The average Bonchev–Trinajstić information content (AvgIpc) is 3.02. The smallest absolute Gasteiger partial charge is 0.219 e. The Hall–Kier alpha value is -2.63. The third-order valence-corrected chi connectivity index (χ3v) is 4.24. The molecule has 2 aromatic heterocycles. The molecule has 4 rings (SSSR count). The molecule has 6 heteroatoms. The Morgan fingerprint density at radius 1 is 1.39 bits per heavy atom. The van der Waals surface area contributed by atoms with Crippen molar-refractivity contribution < 1.29 is 9.18 Å². The standard InChI is InChI=1S/C16H15FN4O.CH4/c1-10(22)20-8-13(9-20)21-7-11(5-19-21)15-6-18-16-4-12(17)2-3-14(15)16;/h2-7,13,18H,8-9H2,1H3;1H4. The Kier molecular flexibility index (Phi) is 3.67. The van der Waals surface area contributed by atoms with E-state index in [2.05, 4.69) is 10.1 Å². The number of aromatic amines is 1. The van der Waals surface area contributed by atoms with Crippen molar-refractivity contribution in [1.82, 2.24) is 19.7 Å². The number of hydrogen-bond acceptors (Lipinski definition) is 2. The van der Waals surface area contributed by atoms with Crippen molar-refractivity contribution >= 4 is 16.8 Å². The fraction of sp³-hybridized carbons (Fsp3) is 0.294. The summed E-state index contributed by atoms with van der Waals surface area (Å²) in [5, 5.41) is 5.38. The Morgan fingerprint density at radius 2 is 2.17 bits per heavy atom. The van der Waals surface area contributed by atoms with Gasteiger partial charge in [-0.3, -0.25) is 9.48 Å². The second kappa shape index (κ2) is 5.53. The van der Waals surface area contributed by atoms with E-state index in [1.54, 1.807) is 17.9 Å². The third kappa shape index (κ3) is 2.50. The zero-order chi connectivity index (χ0) is 15.3. The summed E-state index contributed by atoms with van der Waals surface area (Å²) >= 11 is 0. The third-order valence-electron chi connectivity index (χ3n) is 4.24. The number of amides is 1. The van der Waals surface area contributed by atoms with Crippen LogP contribution in [0.5, 0.6) is 0 Å². The van der Waals surface area contributed by atoms with Crippen LogP contribution in [0.1, 0.15) is 20.4 Å². The number of benzene rings is 1. The van der Waals surface area contributed by atoms with Crippen LogP contribution in [0.4, 0.5) is 4.39 Å². The first kappa shape index (κ1) is 15.3. The first-order chi connectivity index (χ1) is 10.6. The quantitative estimate of drug-likeness (QED) is 0.789. The molecule has 0 saturated carbocycles. The lowest BCUT2D eigenvalue weighted by Crippen LogP contribution is -2.49. The molecule has 23 heavy (non-hydrogen) atoms. The number of rotatable bonds is 2. The van der Waals surface area contributed by atoms with Crippen molar-refractivity contribution in [2.75, 3.05) is 13.1 Å². The molecule has 3 heterocycles. The molecule has 3 aromatic rings. The van der Waals surface area contributed by atoms with Gasteiger partial charge >= 0.3 is 0 Å². The van der Waals surface area contributed by atoms with Crippen molar-refractivity contribution in [3.8, 4) is 11.1 Å². The highest BCUT2D eigenvalue weighted by Crippen LogP contribution is 2.30. The van der Waals surface area contributed by atoms with Crippen molar-refractivity contribution in [3.05, 3.63) is 42.6 Å². The lowest BCUT2D eigenvalue weighted by atomic mass is 10.1. The van der Waals surface area contributed by atoms with Crippen LogP contribution in [-0.4, -0.2) is 38.7 Å². The van der Waals surface area contributed by atoms with E-state index >= 15 is 0 Å². The van der Waals surface area contributed by atoms with Crippen LogP contribution < -0.4 is 0 Å². The molecule has 1 amide bonds. The van der Waals surface area contributed by atoms with Gasteiger partial charge in [0, 0.05) is 54.4 Å². The fourth-order valence-corrected chi connectivity index (χ4v) is 2.89. The molecule has 0 atom stereocenters. The van der Waals surface area contributed by atoms with Gasteiger partial charge in [0.05, 0.1) is 12.2 Å². The topological polar surface area (TPSA) is 53.9 Å². The number of nitrogens with zero attached hydrogens (tertiary/aromatic N) is 3. The summed E-state index contributed by atoms with van der Waals surface area (Å²) < 4.78 is 15.1. The van der Waals surface area contributed by atoms with Gasteiger partial charge in [-0.05, 0) is 18.2 Å². The van der Waals surface area contributed by atoms with Gasteiger partial charge in [0.15, 0.2) is 0 Å². The van der Waals surface area contributed by atoms with E-state index in [0.29, 0.717) is 13.1 Å². The minimum absolute atomic E-state index is 0. The van der Waals surface area contributed by atoms with E-state index in [0.717, 1.165) is 22.0 Å². The SMILES string of the molecule is C.CC(=O)N1CC(n2cc(-c3c[nH]c4cc(F)ccc34)cn2)C1. The van der Waals surface area contributed by atoms with Crippen LogP contribution in [-0.2, 0) is 4.79 Å². The number of fused-ring (bicyclic) bond motifs is 1. The number of H-pyrrole nitrogens is 1. The molecule has 0 spiro atoms. The molecule has 1 aliphatic rings. The van der Waals surface area contributed by atoms with Crippen molar-refractivity contribution in [2.45, 2.75) is 20.4 Å². The second-order valence-corrected chi connectivity index (χ2v) is 5.68. The second-order valence-electron chi connectivity index (χ2n) is 5.68. The number of carbonyl (C=O) groups excluding carboxylic acids is 1. The lowest BCUT2D eigenvalue weighted by Gasteiger charge is -2.38. The zero-order valence-electron chi connectivity index (χ0n) is 12.1. The van der Waals surface area contributed by atoms with Crippen molar-refractivity contribution in [3.63, 3.8) is 0 Å².